The highest BCUT2D eigenvalue weighted by Crippen LogP contribution is 2.19. The van der Waals surface area contributed by atoms with Crippen LogP contribution in [-0.2, 0) is 6.54 Å². The third-order valence-corrected chi connectivity index (χ3v) is 3.40. The Balaban J connectivity index is 2.25. The highest BCUT2D eigenvalue weighted by Gasteiger charge is 2.29. The van der Waals surface area contributed by atoms with Crippen LogP contribution in [0.2, 0.25) is 0 Å². The minimum absolute atomic E-state index is 0.0306. The van der Waals surface area contributed by atoms with Gasteiger partial charge in [-0.2, -0.15) is 0 Å². The zero-order chi connectivity index (χ0) is 14.0. The number of amides is 1. The molecule has 0 unspecified atom stereocenters. The molecule has 0 aromatic carbocycles. The quantitative estimate of drug-likeness (QED) is 0.633. The smallest absolute Gasteiger partial charge is 0.287 e. The largest absolute Gasteiger partial charge is 0.337 e. The molecule has 0 spiro atoms. The Morgan fingerprint density at radius 1 is 1.63 bits per heavy atom. The summed E-state index contributed by atoms with van der Waals surface area (Å²) in [5, 5.41) is 13.9. The second kappa shape index (κ2) is 5.40. The number of carbonyl (C=O) groups excluding carboxylic acids is 1. The summed E-state index contributed by atoms with van der Waals surface area (Å²) in [6.07, 6.45) is 2.25. The molecule has 0 radical (unpaired) electrons. The first kappa shape index (κ1) is 13.5. The maximum Gasteiger partial charge on any atom is 0.287 e. The molecular formula is C12H18N4O3. The van der Waals surface area contributed by atoms with Gasteiger partial charge in [0.2, 0.25) is 0 Å². The molecule has 0 saturated carbocycles. The van der Waals surface area contributed by atoms with Crippen LogP contribution in [0.25, 0.3) is 0 Å². The van der Waals surface area contributed by atoms with E-state index in [0.717, 1.165) is 19.5 Å². The van der Waals surface area contributed by atoms with E-state index < -0.39 is 4.92 Å². The molecule has 0 aliphatic carbocycles. The summed E-state index contributed by atoms with van der Waals surface area (Å²) in [6.45, 7) is 4.13. The van der Waals surface area contributed by atoms with Gasteiger partial charge in [-0.25, -0.2) is 0 Å². The van der Waals surface area contributed by atoms with Crippen LogP contribution in [0.15, 0.2) is 12.3 Å². The second-order valence-electron chi connectivity index (χ2n) is 4.76. The molecule has 1 amide bonds. The molecule has 2 rings (SSSR count). The van der Waals surface area contributed by atoms with Gasteiger partial charge >= 0.3 is 0 Å². The zero-order valence-corrected chi connectivity index (χ0v) is 11.1. The summed E-state index contributed by atoms with van der Waals surface area (Å²) in [6, 6.07) is 1.54. The molecule has 1 saturated heterocycles. The van der Waals surface area contributed by atoms with Gasteiger partial charge in [-0.3, -0.25) is 14.9 Å². The number of carbonyl (C=O) groups is 1. The van der Waals surface area contributed by atoms with Crippen molar-refractivity contribution in [2.45, 2.75) is 25.9 Å². The Labute approximate surface area is 111 Å². The van der Waals surface area contributed by atoms with Crippen LogP contribution >= 0.6 is 0 Å². The summed E-state index contributed by atoms with van der Waals surface area (Å²) in [5.41, 5.74) is 0.361. The van der Waals surface area contributed by atoms with Crippen LogP contribution in [0.1, 0.15) is 23.8 Å². The van der Waals surface area contributed by atoms with Crippen molar-refractivity contribution in [2.24, 2.45) is 0 Å². The molecule has 2 heterocycles. The minimum Gasteiger partial charge on any atom is -0.337 e. The highest BCUT2D eigenvalue weighted by atomic mass is 16.6. The Morgan fingerprint density at radius 3 is 2.79 bits per heavy atom. The van der Waals surface area contributed by atoms with Gasteiger partial charge in [0.15, 0.2) is 0 Å². The van der Waals surface area contributed by atoms with Crippen molar-refractivity contribution in [1.82, 2.24) is 14.8 Å². The Kier molecular flexibility index (Phi) is 3.84. The third kappa shape index (κ3) is 2.60. The first-order chi connectivity index (χ1) is 9.04. The number of rotatable bonds is 5. The lowest BCUT2D eigenvalue weighted by Crippen LogP contribution is -2.57. The zero-order valence-electron chi connectivity index (χ0n) is 11.1. The van der Waals surface area contributed by atoms with Gasteiger partial charge in [-0.15, -0.1) is 0 Å². The van der Waals surface area contributed by atoms with Gasteiger partial charge in [0.05, 0.1) is 17.2 Å². The number of nitrogens with one attached hydrogen (secondary N) is 1. The second-order valence-corrected chi connectivity index (χ2v) is 4.76. The third-order valence-electron chi connectivity index (χ3n) is 3.40. The van der Waals surface area contributed by atoms with Crippen LogP contribution in [-0.4, -0.2) is 46.5 Å². The summed E-state index contributed by atoms with van der Waals surface area (Å²) < 4.78 is 1.67. The Hall–Kier alpha value is -1.89. The van der Waals surface area contributed by atoms with Crippen LogP contribution < -0.4 is 5.32 Å². The molecule has 7 heteroatoms. The van der Waals surface area contributed by atoms with Gasteiger partial charge in [-0.05, 0) is 6.42 Å². The monoisotopic (exact) mass is 266 g/mol. The summed E-state index contributed by atoms with van der Waals surface area (Å²) >= 11 is 0. The summed E-state index contributed by atoms with van der Waals surface area (Å²) in [4.78, 5) is 24.4. The Morgan fingerprint density at radius 2 is 2.32 bits per heavy atom. The van der Waals surface area contributed by atoms with E-state index in [1.54, 1.807) is 16.5 Å². The van der Waals surface area contributed by atoms with Gasteiger partial charge in [0, 0.05) is 32.7 Å². The first-order valence-electron chi connectivity index (χ1n) is 6.37. The number of hydrogen-bond acceptors (Lipinski definition) is 4. The van der Waals surface area contributed by atoms with E-state index in [-0.39, 0.29) is 17.6 Å². The number of nitrogens with zero attached hydrogens (tertiary/aromatic N) is 3. The number of aryl methyl sites for hydroxylation is 1. The van der Waals surface area contributed by atoms with Crippen LogP contribution in [0.4, 0.5) is 5.69 Å². The lowest BCUT2D eigenvalue weighted by atomic mass is 10.1. The van der Waals surface area contributed by atoms with Crippen LogP contribution in [0.3, 0.4) is 0 Å². The lowest BCUT2D eigenvalue weighted by Gasteiger charge is -2.35. The summed E-state index contributed by atoms with van der Waals surface area (Å²) in [7, 11) is 1.74. The van der Waals surface area contributed by atoms with E-state index >= 15 is 0 Å². The van der Waals surface area contributed by atoms with Gasteiger partial charge in [-0.1, -0.05) is 6.92 Å². The number of hydrogen-bond donors (Lipinski definition) is 1. The molecule has 1 fully saturated rings. The van der Waals surface area contributed by atoms with Gasteiger partial charge in [0.1, 0.15) is 5.69 Å². The molecule has 104 valence electrons. The van der Waals surface area contributed by atoms with Crippen molar-refractivity contribution in [2.75, 3.05) is 20.1 Å². The SMILES string of the molecule is CCCn1cc([N+](=O)[O-])cc1C(=O)N(C)C1CNC1. The average Bonchev–Trinajstić information content (AvgIpc) is 2.70. The lowest BCUT2D eigenvalue weighted by molar-refractivity contribution is -0.384. The normalized spacial score (nSPS) is 15.1. The van der Waals surface area contributed by atoms with Crippen molar-refractivity contribution in [3.8, 4) is 0 Å². The van der Waals surface area contributed by atoms with Crippen LogP contribution in [0, 0.1) is 10.1 Å². The summed E-state index contributed by atoms with van der Waals surface area (Å²) in [5.74, 6) is -0.159. The van der Waals surface area contributed by atoms with E-state index in [0.29, 0.717) is 12.2 Å². The molecule has 1 aliphatic heterocycles. The molecule has 1 aromatic heterocycles. The highest BCUT2D eigenvalue weighted by molar-refractivity contribution is 5.93. The minimum atomic E-state index is -0.464. The standard InChI is InChI=1S/C12H18N4O3/c1-3-4-15-8-9(16(18)19)5-11(15)12(17)14(2)10-6-13-7-10/h5,8,10,13H,3-4,6-7H2,1-2H3. The topological polar surface area (TPSA) is 80.4 Å². The van der Waals surface area contributed by atoms with Crippen molar-refractivity contribution in [3.05, 3.63) is 28.1 Å². The van der Waals surface area contributed by atoms with Gasteiger partial charge in [0.25, 0.3) is 11.6 Å². The van der Waals surface area contributed by atoms with Crippen molar-refractivity contribution in [3.63, 3.8) is 0 Å². The van der Waals surface area contributed by atoms with Crippen molar-refractivity contribution in [1.29, 1.82) is 0 Å². The molecule has 1 N–H and O–H groups in total. The molecule has 1 aromatic rings. The number of likely N-dealkylation sites (N-methyl/N-ethyl adjacent to an activating group) is 1. The maximum absolute atomic E-state index is 12.4. The molecule has 1 aliphatic rings. The fourth-order valence-corrected chi connectivity index (χ4v) is 2.09. The fourth-order valence-electron chi connectivity index (χ4n) is 2.09. The van der Waals surface area contributed by atoms with E-state index in [4.69, 9.17) is 0 Å². The van der Waals surface area contributed by atoms with E-state index in [1.165, 1.54) is 12.3 Å². The molecule has 0 atom stereocenters. The first-order valence-corrected chi connectivity index (χ1v) is 6.37. The maximum atomic E-state index is 12.4. The Bertz CT molecular complexity index is 493. The van der Waals surface area contributed by atoms with Crippen molar-refractivity contribution < 1.29 is 9.72 Å². The molecule has 7 nitrogen and oxygen atoms in total. The number of aromatic nitrogens is 1. The fraction of sp³-hybridized carbons (Fsp3) is 0.583. The predicted octanol–water partition coefficient (Wildman–Crippen LogP) is 0.850. The van der Waals surface area contributed by atoms with E-state index in [1.807, 2.05) is 6.92 Å². The van der Waals surface area contributed by atoms with E-state index in [2.05, 4.69) is 5.32 Å². The van der Waals surface area contributed by atoms with Gasteiger partial charge < -0.3 is 14.8 Å². The van der Waals surface area contributed by atoms with E-state index in [9.17, 15) is 14.9 Å². The van der Waals surface area contributed by atoms with Crippen LogP contribution in [0.5, 0.6) is 0 Å². The van der Waals surface area contributed by atoms with Crippen molar-refractivity contribution >= 4 is 11.6 Å². The average molecular weight is 266 g/mol. The molecular weight excluding hydrogens is 248 g/mol. The number of nitro groups is 1. The predicted molar refractivity (Wildman–Crippen MR) is 70.1 cm³/mol. The molecule has 19 heavy (non-hydrogen) atoms. The molecule has 0 bridgehead atoms.